The number of thioether (sulfide) groups is 1. The smallest absolute Gasteiger partial charge is 0.289 e. The van der Waals surface area contributed by atoms with E-state index in [9.17, 15) is 14.4 Å². The Balaban J connectivity index is 2.38. The van der Waals surface area contributed by atoms with Crippen molar-refractivity contribution in [1.82, 2.24) is 0 Å². The van der Waals surface area contributed by atoms with Crippen LogP contribution < -0.4 is 11.1 Å². The van der Waals surface area contributed by atoms with Crippen LogP contribution in [0.1, 0.15) is 10.4 Å². The van der Waals surface area contributed by atoms with Crippen molar-refractivity contribution >= 4 is 35.0 Å². The number of carbonyl (C=O) groups is 3. The van der Waals surface area contributed by atoms with Crippen LogP contribution in [0.2, 0.25) is 0 Å². The monoisotopic (exact) mass is 236 g/mol. The lowest BCUT2D eigenvalue weighted by atomic mass is 10.1. The summed E-state index contributed by atoms with van der Waals surface area (Å²) in [5.41, 5.74) is 5.63. The van der Waals surface area contributed by atoms with Gasteiger partial charge in [-0.25, -0.2) is 0 Å². The number of nitrogens with one attached hydrogen (secondary N) is 1. The largest absolute Gasteiger partial charge is 0.363 e. The Kier molecular flexibility index (Phi) is 2.66. The molecule has 6 heteroatoms. The van der Waals surface area contributed by atoms with Crippen LogP contribution in [0.5, 0.6) is 0 Å². The second kappa shape index (κ2) is 3.97. The molecule has 0 radical (unpaired) electrons. The molecule has 0 fully saturated rings. The van der Waals surface area contributed by atoms with E-state index in [1.165, 1.54) is 23.9 Å². The fourth-order valence-corrected chi connectivity index (χ4v) is 2.16. The molecule has 1 aromatic carbocycles. The molecule has 1 aliphatic rings. The van der Waals surface area contributed by atoms with E-state index in [0.717, 1.165) is 4.90 Å². The average molecular weight is 236 g/mol. The number of hydrogen-bond donors (Lipinski definition) is 2. The number of rotatable bonds is 2. The van der Waals surface area contributed by atoms with Crippen molar-refractivity contribution < 1.29 is 14.4 Å². The molecule has 0 unspecified atom stereocenters. The van der Waals surface area contributed by atoms with E-state index in [2.05, 4.69) is 5.32 Å². The zero-order chi connectivity index (χ0) is 11.7. The number of carbonyl (C=O) groups excluding carboxylic acids is 3. The van der Waals surface area contributed by atoms with Gasteiger partial charge in [-0.1, -0.05) is 0 Å². The number of primary amides is 1. The maximum Gasteiger partial charge on any atom is 0.289 e. The van der Waals surface area contributed by atoms with E-state index in [1.807, 2.05) is 0 Å². The first-order valence-electron chi connectivity index (χ1n) is 4.49. The van der Waals surface area contributed by atoms with Crippen molar-refractivity contribution in [2.75, 3.05) is 11.1 Å². The van der Waals surface area contributed by atoms with E-state index < -0.39 is 11.7 Å². The van der Waals surface area contributed by atoms with Crippen molar-refractivity contribution in [2.24, 2.45) is 5.73 Å². The highest BCUT2D eigenvalue weighted by atomic mass is 32.2. The SMILES string of the molecule is NC(=O)C(=O)c1ccc2c(c1)NC(=O)CS2. The number of ketones is 1. The molecule has 0 bridgehead atoms. The number of anilines is 1. The zero-order valence-electron chi connectivity index (χ0n) is 8.15. The molecule has 0 aliphatic carbocycles. The minimum Gasteiger partial charge on any atom is -0.363 e. The van der Waals surface area contributed by atoms with Gasteiger partial charge in [-0.2, -0.15) is 0 Å². The van der Waals surface area contributed by atoms with Crippen LogP contribution in [-0.4, -0.2) is 23.4 Å². The Morgan fingerprint density at radius 2 is 2.12 bits per heavy atom. The molecular formula is C10H8N2O3S. The molecule has 1 aliphatic heterocycles. The van der Waals surface area contributed by atoms with E-state index in [-0.39, 0.29) is 11.5 Å². The van der Waals surface area contributed by atoms with Gasteiger partial charge in [0, 0.05) is 10.5 Å². The van der Waals surface area contributed by atoms with Gasteiger partial charge in [0.2, 0.25) is 11.7 Å². The van der Waals surface area contributed by atoms with Crippen molar-refractivity contribution in [3.05, 3.63) is 23.8 Å². The van der Waals surface area contributed by atoms with Crippen molar-refractivity contribution in [1.29, 1.82) is 0 Å². The number of nitrogens with two attached hydrogens (primary N) is 1. The molecule has 0 saturated heterocycles. The highest BCUT2D eigenvalue weighted by Gasteiger charge is 2.19. The summed E-state index contributed by atoms with van der Waals surface area (Å²) in [7, 11) is 0. The Morgan fingerprint density at radius 1 is 1.38 bits per heavy atom. The summed E-state index contributed by atoms with van der Waals surface area (Å²) in [6.45, 7) is 0. The fraction of sp³-hybridized carbons (Fsp3) is 0.100. The van der Waals surface area contributed by atoms with Gasteiger partial charge in [-0.3, -0.25) is 14.4 Å². The Labute approximate surface area is 95.4 Å². The summed E-state index contributed by atoms with van der Waals surface area (Å²) in [6.07, 6.45) is 0. The van der Waals surface area contributed by atoms with Crippen LogP contribution in [0, 0.1) is 0 Å². The first-order chi connectivity index (χ1) is 7.58. The van der Waals surface area contributed by atoms with E-state index in [4.69, 9.17) is 5.73 Å². The molecular weight excluding hydrogens is 228 g/mol. The van der Waals surface area contributed by atoms with Crippen LogP contribution in [-0.2, 0) is 9.59 Å². The number of amides is 2. The molecule has 3 N–H and O–H groups in total. The third kappa shape index (κ3) is 1.92. The predicted molar refractivity (Wildman–Crippen MR) is 59.3 cm³/mol. The lowest BCUT2D eigenvalue weighted by Gasteiger charge is -2.16. The first-order valence-corrected chi connectivity index (χ1v) is 5.47. The van der Waals surface area contributed by atoms with Crippen LogP contribution in [0.15, 0.2) is 23.1 Å². The van der Waals surface area contributed by atoms with E-state index >= 15 is 0 Å². The van der Waals surface area contributed by atoms with Crippen LogP contribution >= 0.6 is 11.8 Å². The van der Waals surface area contributed by atoms with Gasteiger partial charge >= 0.3 is 0 Å². The van der Waals surface area contributed by atoms with Gasteiger partial charge in [0.05, 0.1) is 11.4 Å². The minimum atomic E-state index is -1.00. The fourth-order valence-electron chi connectivity index (χ4n) is 1.37. The number of fused-ring (bicyclic) bond motifs is 1. The van der Waals surface area contributed by atoms with E-state index in [0.29, 0.717) is 11.4 Å². The second-order valence-corrected chi connectivity index (χ2v) is 4.26. The third-order valence-electron chi connectivity index (χ3n) is 2.10. The summed E-state index contributed by atoms with van der Waals surface area (Å²) in [6, 6.07) is 4.68. The van der Waals surface area contributed by atoms with Gasteiger partial charge in [0.15, 0.2) is 0 Å². The molecule has 0 aromatic heterocycles. The molecule has 5 nitrogen and oxygen atoms in total. The Bertz CT molecular complexity index is 499. The highest BCUT2D eigenvalue weighted by molar-refractivity contribution is 8.00. The van der Waals surface area contributed by atoms with Gasteiger partial charge in [-0.05, 0) is 18.2 Å². The molecule has 1 heterocycles. The topological polar surface area (TPSA) is 89.3 Å². The Morgan fingerprint density at radius 3 is 2.81 bits per heavy atom. The number of benzene rings is 1. The van der Waals surface area contributed by atoms with Crippen LogP contribution in [0.3, 0.4) is 0 Å². The molecule has 0 atom stereocenters. The maximum atomic E-state index is 11.3. The standard InChI is InChI=1S/C10H8N2O3S/c11-10(15)9(14)5-1-2-7-6(3-5)12-8(13)4-16-7/h1-3H,4H2,(H2,11,15)(H,12,13). The van der Waals surface area contributed by atoms with Gasteiger partial charge < -0.3 is 11.1 Å². The minimum absolute atomic E-state index is 0.124. The average Bonchev–Trinajstić information content (AvgIpc) is 2.26. The highest BCUT2D eigenvalue weighted by Crippen LogP contribution is 2.31. The normalized spacial score (nSPS) is 13.9. The first kappa shape index (κ1) is 10.7. The molecule has 1 aromatic rings. The lowest BCUT2D eigenvalue weighted by molar-refractivity contribution is -0.114. The van der Waals surface area contributed by atoms with Crippen molar-refractivity contribution in [3.8, 4) is 0 Å². The van der Waals surface area contributed by atoms with Crippen LogP contribution in [0.25, 0.3) is 0 Å². The molecule has 16 heavy (non-hydrogen) atoms. The third-order valence-corrected chi connectivity index (χ3v) is 3.17. The summed E-state index contributed by atoms with van der Waals surface area (Å²) in [4.78, 5) is 34.0. The maximum absolute atomic E-state index is 11.3. The van der Waals surface area contributed by atoms with E-state index in [1.54, 1.807) is 6.07 Å². The van der Waals surface area contributed by atoms with Gasteiger partial charge in [0.1, 0.15) is 0 Å². The summed E-state index contributed by atoms with van der Waals surface area (Å²) >= 11 is 1.39. The summed E-state index contributed by atoms with van der Waals surface area (Å²) in [5.74, 6) is -1.53. The molecule has 2 amide bonds. The van der Waals surface area contributed by atoms with Gasteiger partial charge in [-0.15, -0.1) is 11.8 Å². The van der Waals surface area contributed by atoms with Crippen molar-refractivity contribution in [2.45, 2.75) is 4.90 Å². The predicted octanol–water partition coefficient (Wildman–Crippen LogP) is 0.399. The summed E-state index contributed by atoms with van der Waals surface area (Å²) < 4.78 is 0. The zero-order valence-corrected chi connectivity index (χ0v) is 8.97. The lowest BCUT2D eigenvalue weighted by Crippen LogP contribution is -2.24. The molecule has 82 valence electrons. The van der Waals surface area contributed by atoms with Crippen LogP contribution in [0.4, 0.5) is 5.69 Å². The number of hydrogen-bond acceptors (Lipinski definition) is 4. The van der Waals surface area contributed by atoms with Gasteiger partial charge in [0.25, 0.3) is 5.91 Å². The number of Topliss-reactive ketones (excluding diaryl/α,β-unsaturated/α-hetero) is 1. The summed E-state index contributed by atoms with van der Waals surface area (Å²) in [5, 5.41) is 2.63. The molecule has 0 spiro atoms. The quantitative estimate of drug-likeness (QED) is 0.574. The molecule has 0 saturated carbocycles. The second-order valence-electron chi connectivity index (χ2n) is 3.24. The Hall–Kier alpha value is -1.82. The van der Waals surface area contributed by atoms with Crippen molar-refractivity contribution in [3.63, 3.8) is 0 Å². The molecule has 2 rings (SSSR count).